The molecule has 1 aliphatic carbocycles. The Bertz CT molecular complexity index is 1700. The van der Waals surface area contributed by atoms with Crippen LogP contribution in [0.2, 0.25) is 0 Å². The molecule has 0 saturated heterocycles. The molecule has 5 aromatic carbocycles. The van der Waals surface area contributed by atoms with Crippen LogP contribution >= 0.6 is 0 Å². The molecule has 51 heavy (non-hydrogen) atoms. The molecule has 0 radical (unpaired) electrons. The van der Waals surface area contributed by atoms with E-state index in [1.54, 1.807) is 0 Å². The Morgan fingerprint density at radius 3 is 1.12 bits per heavy atom. The summed E-state index contributed by atoms with van der Waals surface area (Å²) in [5, 5.41) is 5.35. The largest absolute Gasteiger partial charge is 0.0791 e. The summed E-state index contributed by atoms with van der Waals surface area (Å²) in [4.78, 5) is 0. The molecule has 1 aliphatic rings. The second-order valence-electron chi connectivity index (χ2n) is 13.9. The Labute approximate surface area is 315 Å². The third-order valence-electron chi connectivity index (χ3n) is 7.08. The Morgan fingerprint density at radius 1 is 0.451 bits per heavy atom. The predicted molar refractivity (Wildman–Crippen MR) is 239 cm³/mol. The van der Waals surface area contributed by atoms with E-state index < -0.39 is 0 Å². The summed E-state index contributed by atoms with van der Waals surface area (Å²) in [5.41, 5.74) is 12.5. The highest BCUT2D eigenvalue weighted by Crippen LogP contribution is 2.53. The number of aryl methyl sites for hydroxylation is 1. The molecule has 0 fully saturated rings. The van der Waals surface area contributed by atoms with Crippen molar-refractivity contribution in [3.8, 4) is 44.5 Å². The van der Waals surface area contributed by atoms with Crippen molar-refractivity contribution in [2.45, 2.75) is 137 Å². The van der Waals surface area contributed by atoms with Gasteiger partial charge in [0.2, 0.25) is 0 Å². The van der Waals surface area contributed by atoms with Gasteiger partial charge in [-0.15, -0.1) is 0 Å². The summed E-state index contributed by atoms with van der Waals surface area (Å²) in [6.45, 7) is 36.1. The van der Waals surface area contributed by atoms with Crippen molar-refractivity contribution < 1.29 is 0 Å². The summed E-state index contributed by atoms with van der Waals surface area (Å²) < 4.78 is 0. The number of rotatable bonds is 2. The van der Waals surface area contributed by atoms with Crippen molar-refractivity contribution in [2.75, 3.05) is 0 Å². The summed E-state index contributed by atoms with van der Waals surface area (Å²) in [6, 6.07) is 33.2. The molecule has 5 aromatic rings. The average Bonchev–Trinajstić information content (AvgIpc) is 3.46. The van der Waals surface area contributed by atoms with Gasteiger partial charge in [-0.05, 0) is 97.5 Å². The molecule has 0 amide bonds. The van der Waals surface area contributed by atoms with Crippen LogP contribution < -0.4 is 10.4 Å². The lowest BCUT2D eigenvalue weighted by Gasteiger charge is -2.18. The lowest BCUT2D eigenvalue weighted by molar-refractivity contribution is 0.469. The zero-order valence-electron chi connectivity index (χ0n) is 35.9. The van der Waals surface area contributed by atoms with Gasteiger partial charge in [0.05, 0.1) is 0 Å². The van der Waals surface area contributed by atoms with Crippen molar-refractivity contribution in [3.63, 3.8) is 0 Å². The normalized spacial score (nSPS) is 10.9. The van der Waals surface area contributed by atoms with E-state index in [9.17, 15) is 0 Å². The Kier molecular flexibility index (Phi) is 23.2. The fraction of sp³-hybridized carbons (Fsp3) is 0.412. The van der Waals surface area contributed by atoms with E-state index >= 15 is 0 Å². The van der Waals surface area contributed by atoms with E-state index in [1.165, 1.54) is 90.5 Å². The van der Waals surface area contributed by atoms with Gasteiger partial charge in [-0.3, -0.25) is 0 Å². The zero-order valence-corrected chi connectivity index (χ0v) is 35.9. The molecule has 0 spiro atoms. The lowest BCUT2D eigenvalue weighted by Crippen LogP contribution is -2.30. The van der Waals surface area contributed by atoms with Gasteiger partial charge in [-0.25, -0.2) is 0 Å². The van der Waals surface area contributed by atoms with E-state index in [-0.39, 0.29) is 0 Å². The van der Waals surface area contributed by atoms with Crippen LogP contribution in [0.3, 0.4) is 0 Å². The van der Waals surface area contributed by atoms with Crippen LogP contribution in [-0.2, 0) is 0 Å². The minimum Gasteiger partial charge on any atom is -0.0791 e. The van der Waals surface area contributed by atoms with Crippen LogP contribution in [0.4, 0.5) is 0 Å². The molecule has 0 bridgehead atoms. The van der Waals surface area contributed by atoms with Crippen LogP contribution in [0.15, 0.2) is 91.0 Å². The molecule has 0 aliphatic heterocycles. The van der Waals surface area contributed by atoms with Gasteiger partial charge in [0.1, 0.15) is 0 Å². The Morgan fingerprint density at radius 2 is 0.784 bits per heavy atom. The SMILES string of the molecule is C/C=c1/c(-c2ccccc2)c2c(c(-c3ccccc3)/c1=C/C)-c1ccc(C)c3cccc-2c13.CC.CC.CC(C)(C)C.CCC.CCC.CCC. The molecule has 0 nitrogen and oxygen atoms in total. The average molecular weight is 687 g/mol. The molecule has 0 aromatic heterocycles. The first kappa shape index (κ1) is 47.1. The van der Waals surface area contributed by atoms with E-state index in [4.69, 9.17) is 0 Å². The van der Waals surface area contributed by atoms with Crippen LogP contribution in [0.5, 0.6) is 0 Å². The third kappa shape index (κ3) is 13.0. The van der Waals surface area contributed by atoms with Gasteiger partial charge in [0.25, 0.3) is 0 Å². The Hall–Kier alpha value is -3.90. The van der Waals surface area contributed by atoms with Gasteiger partial charge in [-0.1, -0.05) is 219 Å². The smallest absolute Gasteiger partial charge is 0.000753 e. The van der Waals surface area contributed by atoms with Gasteiger partial charge in [0, 0.05) is 0 Å². The van der Waals surface area contributed by atoms with Crippen LogP contribution in [0.25, 0.3) is 67.4 Å². The van der Waals surface area contributed by atoms with Crippen molar-refractivity contribution in [3.05, 3.63) is 107 Å². The molecule has 0 saturated carbocycles. The van der Waals surface area contributed by atoms with Gasteiger partial charge < -0.3 is 0 Å². The molecular formula is C51H74. The molecule has 0 heteroatoms. The van der Waals surface area contributed by atoms with Crippen LogP contribution in [0.1, 0.15) is 136 Å². The first-order valence-corrected chi connectivity index (χ1v) is 20.0. The molecular weight excluding hydrogens is 613 g/mol. The van der Waals surface area contributed by atoms with Gasteiger partial charge in [-0.2, -0.15) is 0 Å². The first-order chi connectivity index (χ1) is 24.5. The summed E-state index contributed by atoms with van der Waals surface area (Å²) in [5.74, 6) is 0. The van der Waals surface area contributed by atoms with Crippen LogP contribution in [0, 0.1) is 12.3 Å². The highest BCUT2D eigenvalue weighted by molar-refractivity contribution is 6.21. The summed E-state index contributed by atoms with van der Waals surface area (Å²) in [7, 11) is 0. The zero-order chi connectivity index (χ0) is 39.1. The lowest BCUT2D eigenvalue weighted by atomic mass is 9.84. The molecule has 278 valence electrons. The molecule has 0 N–H and O–H groups in total. The molecule has 0 atom stereocenters. The number of hydrogen-bond donors (Lipinski definition) is 0. The maximum absolute atomic E-state index is 2.34. The van der Waals surface area contributed by atoms with E-state index in [0.717, 1.165) is 0 Å². The summed E-state index contributed by atoms with van der Waals surface area (Å²) in [6.07, 6.45) is 8.33. The third-order valence-corrected chi connectivity index (χ3v) is 7.08. The second-order valence-corrected chi connectivity index (χ2v) is 13.9. The van der Waals surface area contributed by atoms with E-state index in [2.05, 4.69) is 193 Å². The number of benzene rings is 5. The fourth-order valence-corrected chi connectivity index (χ4v) is 5.71. The highest BCUT2D eigenvalue weighted by Gasteiger charge is 2.29. The standard InChI is InChI=1S/C33H26.C5H12.3C3H8.2C2H6/c1-4-24-25(5-2)30(23-15-10-7-11-16-23)33-28-20-19-21(3)26-17-12-18-27(31(26)28)32(33)29(24)22-13-8-6-9-14-22;1-5(2,3)4;3*1-3-2;2*1-2/h4-20H,1-3H3;1-4H3;3*3H2,1-2H3;2*1-2H3/b24-4+,25-5+;;;;;;. The van der Waals surface area contributed by atoms with Crippen molar-refractivity contribution in [1.82, 2.24) is 0 Å². The van der Waals surface area contributed by atoms with Crippen molar-refractivity contribution in [1.29, 1.82) is 0 Å². The first-order valence-electron chi connectivity index (χ1n) is 20.0. The maximum Gasteiger partial charge on any atom is -0.000753 e. The number of hydrogen-bond acceptors (Lipinski definition) is 0. The maximum atomic E-state index is 2.34. The quantitative estimate of drug-likeness (QED) is 0.170. The van der Waals surface area contributed by atoms with E-state index in [0.29, 0.717) is 5.41 Å². The van der Waals surface area contributed by atoms with Crippen molar-refractivity contribution in [2.24, 2.45) is 5.41 Å². The number of fused-ring (bicyclic) bond motifs is 3. The summed E-state index contributed by atoms with van der Waals surface area (Å²) >= 11 is 0. The van der Waals surface area contributed by atoms with Crippen LogP contribution in [-0.4, -0.2) is 0 Å². The minimum atomic E-state index is 0.500. The minimum absolute atomic E-state index is 0.500. The van der Waals surface area contributed by atoms with Gasteiger partial charge in [0.15, 0.2) is 0 Å². The highest BCUT2D eigenvalue weighted by atomic mass is 14.3. The topological polar surface area (TPSA) is 0 Å². The van der Waals surface area contributed by atoms with E-state index in [1.807, 2.05) is 27.7 Å². The second kappa shape index (κ2) is 25.1. The molecule has 6 rings (SSSR count). The Balaban J connectivity index is 0.00000118. The fourth-order valence-electron chi connectivity index (χ4n) is 5.71. The monoisotopic (exact) mass is 687 g/mol. The molecule has 0 unspecified atom stereocenters. The molecule has 0 heterocycles. The van der Waals surface area contributed by atoms with Gasteiger partial charge >= 0.3 is 0 Å². The predicted octanol–water partition coefficient (Wildman–Crippen LogP) is 16.1. The van der Waals surface area contributed by atoms with Crippen molar-refractivity contribution >= 4 is 22.9 Å².